The highest BCUT2D eigenvalue weighted by Gasteiger charge is 2.33. The summed E-state index contributed by atoms with van der Waals surface area (Å²) in [5.41, 5.74) is 0. The molecule has 10 heteroatoms. The van der Waals surface area contributed by atoms with Crippen LogP contribution in [0.1, 0.15) is 6.92 Å². The zero-order chi connectivity index (χ0) is 17.9. The fraction of sp³-hybridized carbons (Fsp3) is 0.429. The average molecular weight is 395 g/mol. The Morgan fingerprint density at radius 3 is 2.17 bits per heavy atom. The highest BCUT2D eigenvalue weighted by atomic mass is 35.5. The number of piperazine rings is 1. The second kappa shape index (κ2) is 7.69. The number of carbonyl (C=O) groups is 2. The number of sulfonamides is 1. The van der Waals surface area contributed by atoms with Crippen molar-refractivity contribution in [3.05, 3.63) is 28.2 Å². The van der Waals surface area contributed by atoms with Gasteiger partial charge < -0.3 is 9.64 Å². The minimum absolute atomic E-state index is 0.0517. The lowest BCUT2D eigenvalue weighted by atomic mass is 10.3. The van der Waals surface area contributed by atoms with Crippen molar-refractivity contribution in [1.29, 1.82) is 0 Å². The number of hydrogen-bond donors (Lipinski definition) is 0. The molecular weight excluding hydrogens is 379 g/mol. The van der Waals surface area contributed by atoms with E-state index in [1.54, 1.807) is 6.07 Å². The summed E-state index contributed by atoms with van der Waals surface area (Å²) in [6.45, 7) is 1.47. The van der Waals surface area contributed by atoms with Gasteiger partial charge in [-0.3, -0.25) is 9.59 Å². The van der Waals surface area contributed by atoms with E-state index in [1.807, 2.05) is 0 Å². The predicted octanol–water partition coefficient (Wildman–Crippen LogP) is 1.39. The average Bonchev–Trinajstić information content (AvgIpc) is 2.52. The van der Waals surface area contributed by atoms with Gasteiger partial charge in [0.05, 0.1) is 10.0 Å². The quantitative estimate of drug-likeness (QED) is 0.720. The Bertz CT molecular complexity index is 725. The maximum atomic E-state index is 12.7. The molecule has 0 spiro atoms. The van der Waals surface area contributed by atoms with Crippen LogP contribution in [0.25, 0.3) is 0 Å². The van der Waals surface area contributed by atoms with Gasteiger partial charge in [0.25, 0.3) is 5.91 Å². The molecule has 0 unspecified atom stereocenters. The molecule has 1 aliphatic heterocycles. The molecule has 0 aliphatic carbocycles. The molecule has 1 saturated heterocycles. The van der Waals surface area contributed by atoms with Crippen LogP contribution in [0.15, 0.2) is 23.1 Å². The number of nitrogens with zero attached hydrogens (tertiary/aromatic N) is 2. The Labute approximate surface area is 150 Å². The second-order valence-electron chi connectivity index (χ2n) is 5.12. The molecule has 1 aliphatic rings. The van der Waals surface area contributed by atoms with Gasteiger partial charge in [-0.05, 0) is 12.1 Å². The standard InChI is InChI=1S/C14H16Cl2N2O5S/c1-10(19)23-9-13(20)17-5-7-18(8-6-17)24(21,22)14-11(15)3-2-4-12(14)16/h2-4H,5-9H2,1H3. The summed E-state index contributed by atoms with van der Waals surface area (Å²) >= 11 is 12.0. The van der Waals surface area contributed by atoms with E-state index in [0.29, 0.717) is 0 Å². The molecule has 2 rings (SSSR count). The lowest BCUT2D eigenvalue weighted by Gasteiger charge is -2.34. The van der Waals surface area contributed by atoms with Crippen molar-refractivity contribution >= 4 is 45.1 Å². The van der Waals surface area contributed by atoms with Crippen molar-refractivity contribution in [2.24, 2.45) is 0 Å². The van der Waals surface area contributed by atoms with Crippen molar-refractivity contribution in [1.82, 2.24) is 9.21 Å². The molecule has 0 atom stereocenters. The number of rotatable bonds is 4. The molecule has 0 radical (unpaired) electrons. The molecule has 1 heterocycles. The summed E-state index contributed by atoms with van der Waals surface area (Å²) in [6.07, 6.45) is 0. The number of halogens is 2. The van der Waals surface area contributed by atoms with Gasteiger partial charge in [-0.2, -0.15) is 4.31 Å². The lowest BCUT2D eigenvalue weighted by molar-refractivity contribution is -0.150. The van der Waals surface area contributed by atoms with Gasteiger partial charge in [-0.1, -0.05) is 29.3 Å². The van der Waals surface area contributed by atoms with Crippen LogP contribution in [0.4, 0.5) is 0 Å². The van der Waals surface area contributed by atoms with Crippen LogP contribution < -0.4 is 0 Å². The summed E-state index contributed by atoms with van der Waals surface area (Å²) in [5.74, 6) is -0.907. The number of ether oxygens (including phenoxy) is 1. The number of amides is 1. The second-order valence-corrected chi connectivity index (χ2v) is 7.81. The molecule has 132 valence electrons. The number of esters is 1. The fourth-order valence-electron chi connectivity index (χ4n) is 2.29. The van der Waals surface area contributed by atoms with Gasteiger partial charge in [-0.15, -0.1) is 0 Å². The molecule has 0 bridgehead atoms. The first-order chi connectivity index (χ1) is 11.2. The van der Waals surface area contributed by atoms with E-state index in [-0.39, 0.29) is 53.6 Å². The molecule has 1 amide bonds. The van der Waals surface area contributed by atoms with Crippen LogP contribution >= 0.6 is 23.2 Å². The third kappa shape index (κ3) is 4.18. The predicted molar refractivity (Wildman–Crippen MR) is 88.4 cm³/mol. The molecule has 1 fully saturated rings. The van der Waals surface area contributed by atoms with E-state index < -0.39 is 16.0 Å². The molecular formula is C14H16Cl2N2O5S. The summed E-state index contributed by atoms with van der Waals surface area (Å²) in [4.78, 5) is 23.9. The molecule has 24 heavy (non-hydrogen) atoms. The number of hydrogen-bond acceptors (Lipinski definition) is 5. The zero-order valence-electron chi connectivity index (χ0n) is 12.9. The van der Waals surface area contributed by atoms with Crippen molar-refractivity contribution in [2.75, 3.05) is 32.8 Å². The third-order valence-electron chi connectivity index (χ3n) is 3.51. The van der Waals surface area contributed by atoms with E-state index in [2.05, 4.69) is 4.74 Å². The van der Waals surface area contributed by atoms with Crippen LogP contribution in [-0.4, -0.2) is 62.3 Å². The van der Waals surface area contributed by atoms with Crippen LogP contribution in [0.3, 0.4) is 0 Å². The number of carbonyl (C=O) groups excluding carboxylic acids is 2. The smallest absolute Gasteiger partial charge is 0.303 e. The van der Waals surface area contributed by atoms with Crippen molar-refractivity contribution < 1.29 is 22.7 Å². The van der Waals surface area contributed by atoms with E-state index in [1.165, 1.54) is 28.3 Å². The summed E-state index contributed by atoms with van der Waals surface area (Å²) in [5, 5.41) is 0.103. The van der Waals surface area contributed by atoms with Crippen molar-refractivity contribution in [3.8, 4) is 0 Å². The Morgan fingerprint density at radius 2 is 1.67 bits per heavy atom. The minimum atomic E-state index is -3.85. The Hall–Kier alpha value is -1.35. The fourth-order valence-corrected chi connectivity index (χ4v) is 4.80. The maximum Gasteiger partial charge on any atom is 0.303 e. The van der Waals surface area contributed by atoms with Gasteiger partial charge >= 0.3 is 5.97 Å². The highest BCUT2D eigenvalue weighted by Crippen LogP contribution is 2.31. The van der Waals surface area contributed by atoms with E-state index in [0.717, 1.165) is 0 Å². The molecule has 0 N–H and O–H groups in total. The molecule has 0 aromatic heterocycles. The number of benzene rings is 1. The first-order valence-electron chi connectivity index (χ1n) is 7.09. The molecule has 7 nitrogen and oxygen atoms in total. The monoisotopic (exact) mass is 394 g/mol. The van der Waals surface area contributed by atoms with Crippen LogP contribution in [0.2, 0.25) is 10.0 Å². The minimum Gasteiger partial charge on any atom is -0.456 e. The molecule has 1 aromatic carbocycles. The SMILES string of the molecule is CC(=O)OCC(=O)N1CCN(S(=O)(=O)c2c(Cl)cccc2Cl)CC1. The van der Waals surface area contributed by atoms with Crippen molar-refractivity contribution in [3.63, 3.8) is 0 Å². The Kier molecular flexibility index (Phi) is 6.08. The molecule has 0 saturated carbocycles. The van der Waals surface area contributed by atoms with Crippen molar-refractivity contribution in [2.45, 2.75) is 11.8 Å². The van der Waals surface area contributed by atoms with Gasteiger partial charge in [0.1, 0.15) is 4.90 Å². The van der Waals surface area contributed by atoms with Crippen LogP contribution in [-0.2, 0) is 24.3 Å². The topological polar surface area (TPSA) is 84.0 Å². The van der Waals surface area contributed by atoms with Gasteiger partial charge in [-0.25, -0.2) is 8.42 Å². The van der Waals surface area contributed by atoms with Gasteiger partial charge in [0.2, 0.25) is 10.0 Å². The van der Waals surface area contributed by atoms with Crippen LogP contribution in [0.5, 0.6) is 0 Å². The summed E-state index contributed by atoms with van der Waals surface area (Å²) in [6, 6.07) is 4.48. The zero-order valence-corrected chi connectivity index (χ0v) is 15.2. The van der Waals surface area contributed by atoms with E-state index >= 15 is 0 Å². The Morgan fingerprint density at radius 1 is 1.12 bits per heavy atom. The summed E-state index contributed by atoms with van der Waals surface area (Å²) < 4.78 is 31.3. The summed E-state index contributed by atoms with van der Waals surface area (Å²) in [7, 11) is -3.85. The van der Waals surface area contributed by atoms with E-state index in [4.69, 9.17) is 23.2 Å². The Balaban J connectivity index is 2.06. The van der Waals surface area contributed by atoms with E-state index in [9.17, 15) is 18.0 Å². The maximum absolute atomic E-state index is 12.7. The van der Waals surface area contributed by atoms with Gasteiger partial charge in [0.15, 0.2) is 6.61 Å². The van der Waals surface area contributed by atoms with Crippen LogP contribution in [0, 0.1) is 0 Å². The largest absolute Gasteiger partial charge is 0.456 e. The van der Waals surface area contributed by atoms with Gasteiger partial charge in [0, 0.05) is 33.1 Å². The third-order valence-corrected chi connectivity index (χ3v) is 6.36. The highest BCUT2D eigenvalue weighted by molar-refractivity contribution is 7.89. The molecule has 1 aromatic rings. The first kappa shape index (κ1) is 19.0. The lowest BCUT2D eigenvalue weighted by Crippen LogP contribution is -2.51. The normalized spacial score (nSPS) is 16.0. The first-order valence-corrected chi connectivity index (χ1v) is 9.28.